The van der Waals surface area contributed by atoms with E-state index in [2.05, 4.69) is 15.0 Å². The van der Waals surface area contributed by atoms with Crippen LogP contribution in [0.25, 0.3) is 0 Å². The first-order valence-corrected chi connectivity index (χ1v) is 11.1. The first kappa shape index (κ1) is 24.3. The molecule has 4 rings (SSSR count). The van der Waals surface area contributed by atoms with E-state index >= 15 is 0 Å². The zero-order chi connectivity index (χ0) is 25.2. The molecule has 2 aromatic carbocycles. The highest BCUT2D eigenvalue weighted by Crippen LogP contribution is 2.43. The molecule has 2 atom stereocenters. The molecule has 0 spiro atoms. The number of anilines is 1. The molecular weight excluding hydrogens is 459 g/mol. The first-order chi connectivity index (χ1) is 16.6. The normalized spacial score (nSPS) is 17.8. The van der Waals surface area contributed by atoms with Gasteiger partial charge in [0.1, 0.15) is 5.75 Å². The summed E-state index contributed by atoms with van der Waals surface area (Å²) in [6, 6.07) is 14.9. The minimum Gasteiger partial charge on any atom is -0.406 e. The highest BCUT2D eigenvalue weighted by molar-refractivity contribution is 6.04. The van der Waals surface area contributed by atoms with Crippen molar-refractivity contribution in [3.05, 3.63) is 89.7 Å². The summed E-state index contributed by atoms with van der Waals surface area (Å²) in [6.45, 7) is 4.37. The maximum Gasteiger partial charge on any atom is 0.573 e. The molecular formula is C26H24F3N3O3. The third-order valence-electron chi connectivity index (χ3n) is 5.64. The predicted molar refractivity (Wildman–Crippen MR) is 124 cm³/mol. The minimum absolute atomic E-state index is 0.128. The van der Waals surface area contributed by atoms with Crippen molar-refractivity contribution in [2.45, 2.75) is 32.2 Å². The van der Waals surface area contributed by atoms with Crippen LogP contribution in [-0.4, -0.2) is 34.6 Å². The molecule has 2 heterocycles. The lowest BCUT2D eigenvalue weighted by Gasteiger charge is -2.42. The molecule has 6 nitrogen and oxygen atoms in total. The number of ether oxygens (including phenoxy) is 1. The van der Waals surface area contributed by atoms with Crippen LogP contribution in [0.5, 0.6) is 5.75 Å². The van der Waals surface area contributed by atoms with Crippen molar-refractivity contribution >= 4 is 17.5 Å². The number of halogens is 3. The number of hydrogen-bond acceptors (Lipinski definition) is 4. The molecule has 1 aliphatic rings. The molecule has 0 unspecified atom stereocenters. The lowest BCUT2D eigenvalue weighted by molar-refractivity contribution is -0.274. The van der Waals surface area contributed by atoms with Crippen molar-refractivity contribution < 1.29 is 27.5 Å². The quantitative estimate of drug-likeness (QED) is 0.499. The average Bonchev–Trinajstić information content (AvgIpc) is 2.80. The zero-order valence-electron chi connectivity index (χ0n) is 19.1. The second-order valence-electron chi connectivity index (χ2n) is 8.71. The Hall–Kier alpha value is -3.88. The summed E-state index contributed by atoms with van der Waals surface area (Å²) in [6.07, 6.45) is -1.62. The van der Waals surface area contributed by atoms with Crippen LogP contribution in [0.1, 0.15) is 47.3 Å². The molecule has 0 bridgehead atoms. The van der Waals surface area contributed by atoms with Crippen molar-refractivity contribution in [2.75, 3.05) is 11.9 Å². The lowest BCUT2D eigenvalue weighted by atomic mass is 9.79. The number of fused-ring (bicyclic) bond motifs is 1. The van der Waals surface area contributed by atoms with Gasteiger partial charge in [-0.2, -0.15) is 0 Å². The number of benzene rings is 2. The van der Waals surface area contributed by atoms with E-state index in [9.17, 15) is 22.8 Å². The zero-order valence-corrected chi connectivity index (χ0v) is 19.1. The minimum atomic E-state index is -4.85. The predicted octanol–water partition coefficient (Wildman–Crippen LogP) is 5.56. The van der Waals surface area contributed by atoms with Gasteiger partial charge in [0, 0.05) is 36.3 Å². The molecule has 35 heavy (non-hydrogen) atoms. The molecule has 0 saturated carbocycles. The van der Waals surface area contributed by atoms with E-state index in [0.717, 1.165) is 12.1 Å². The van der Waals surface area contributed by atoms with Crippen molar-refractivity contribution in [3.8, 4) is 5.75 Å². The Labute approximate surface area is 200 Å². The molecule has 1 aromatic heterocycles. The van der Waals surface area contributed by atoms with E-state index in [4.69, 9.17) is 0 Å². The van der Waals surface area contributed by atoms with E-state index in [1.54, 1.807) is 47.6 Å². The summed E-state index contributed by atoms with van der Waals surface area (Å²) in [5.41, 5.74) is 1.80. The third kappa shape index (κ3) is 5.45. The Morgan fingerprint density at radius 1 is 1.11 bits per heavy atom. The second kappa shape index (κ2) is 9.77. The van der Waals surface area contributed by atoms with Crippen molar-refractivity contribution in [1.82, 2.24) is 9.88 Å². The summed E-state index contributed by atoms with van der Waals surface area (Å²) in [7, 11) is 0. The third-order valence-corrected chi connectivity index (χ3v) is 5.64. The topological polar surface area (TPSA) is 71.5 Å². The van der Waals surface area contributed by atoms with Gasteiger partial charge in [0.05, 0.1) is 12.0 Å². The van der Waals surface area contributed by atoms with Crippen molar-refractivity contribution in [2.24, 2.45) is 5.92 Å². The van der Waals surface area contributed by atoms with Gasteiger partial charge in [-0.25, -0.2) is 0 Å². The number of nitrogens with one attached hydrogen (secondary N) is 1. The molecule has 0 radical (unpaired) electrons. The SMILES string of the molecule is CC(C)CN1C(=O)c2ccccc2[C@@H](C(=O)Nc2cccc(OC(F)(F)F)c2)[C@@H]1c1cccnc1. The molecule has 2 amide bonds. The Balaban J connectivity index is 1.76. The van der Waals surface area contributed by atoms with Gasteiger partial charge >= 0.3 is 6.36 Å². The standard InChI is InChI=1S/C26H24F3N3O3/c1-16(2)15-32-23(17-7-6-12-30-14-17)22(20-10-3-4-11-21(20)25(32)34)24(33)31-18-8-5-9-19(13-18)35-26(27,28)29/h3-14,16,22-23H,15H2,1-2H3,(H,31,33)/t22-,23+/m1/s1. The highest BCUT2D eigenvalue weighted by atomic mass is 19.4. The smallest absolute Gasteiger partial charge is 0.406 e. The fraction of sp³-hybridized carbons (Fsp3) is 0.269. The number of carbonyl (C=O) groups excluding carboxylic acids is 2. The van der Waals surface area contributed by atoms with Gasteiger partial charge in [-0.15, -0.1) is 13.2 Å². The maximum atomic E-state index is 13.7. The number of aromatic nitrogens is 1. The molecule has 3 aromatic rings. The summed E-state index contributed by atoms with van der Waals surface area (Å²) < 4.78 is 42.0. The van der Waals surface area contributed by atoms with Crippen LogP contribution in [0.3, 0.4) is 0 Å². The molecule has 9 heteroatoms. The van der Waals surface area contributed by atoms with E-state index in [1.807, 2.05) is 19.9 Å². The fourth-order valence-corrected chi connectivity index (χ4v) is 4.38. The van der Waals surface area contributed by atoms with Crippen molar-refractivity contribution in [1.29, 1.82) is 0 Å². The number of nitrogens with zero attached hydrogens (tertiary/aromatic N) is 2. The molecule has 182 valence electrons. The lowest BCUT2D eigenvalue weighted by Crippen LogP contribution is -2.47. The van der Waals surface area contributed by atoms with Crippen LogP contribution in [0.15, 0.2) is 73.1 Å². The van der Waals surface area contributed by atoms with Gasteiger partial charge in [-0.3, -0.25) is 14.6 Å². The summed E-state index contributed by atoms with van der Waals surface area (Å²) in [4.78, 5) is 33.1. The monoisotopic (exact) mass is 483 g/mol. The van der Waals surface area contributed by atoms with Crippen LogP contribution in [0.4, 0.5) is 18.9 Å². The van der Waals surface area contributed by atoms with Crippen LogP contribution in [0, 0.1) is 5.92 Å². The molecule has 1 aliphatic heterocycles. The van der Waals surface area contributed by atoms with Gasteiger partial charge in [0.2, 0.25) is 5.91 Å². The molecule has 1 N–H and O–H groups in total. The largest absolute Gasteiger partial charge is 0.573 e. The number of pyridine rings is 1. The number of carbonyl (C=O) groups is 2. The number of hydrogen-bond donors (Lipinski definition) is 1. The van der Waals surface area contributed by atoms with E-state index in [1.165, 1.54) is 12.1 Å². The number of rotatable bonds is 6. The number of amides is 2. The molecule has 0 fully saturated rings. The second-order valence-corrected chi connectivity index (χ2v) is 8.71. The molecule has 0 saturated heterocycles. The fourth-order valence-electron chi connectivity index (χ4n) is 4.38. The number of alkyl halides is 3. The van der Waals surface area contributed by atoms with E-state index in [-0.39, 0.29) is 17.5 Å². The summed E-state index contributed by atoms with van der Waals surface area (Å²) in [5.74, 6) is -1.79. The van der Waals surface area contributed by atoms with Crippen LogP contribution < -0.4 is 10.1 Å². The van der Waals surface area contributed by atoms with E-state index in [0.29, 0.717) is 23.2 Å². The van der Waals surface area contributed by atoms with E-state index < -0.39 is 30.0 Å². The molecule has 0 aliphatic carbocycles. The van der Waals surface area contributed by atoms with Gasteiger partial charge in [0.15, 0.2) is 0 Å². The van der Waals surface area contributed by atoms with Gasteiger partial charge in [-0.05, 0) is 41.3 Å². The van der Waals surface area contributed by atoms with Crippen LogP contribution in [-0.2, 0) is 4.79 Å². The summed E-state index contributed by atoms with van der Waals surface area (Å²) in [5, 5.41) is 2.72. The summed E-state index contributed by atoms with van der Waals surface area (Å²) >= 11 is 0. The highest BCUT2D eigenvalue weighted by Gasteiger charge is 2.44. The van der Waals surface area contributed by atoms with Gasteiger partial charge < -0.3 is 15.0 Å². The van der Waals surface area contributed by atoms with Crippen molar-refractivity contribution in [3.63, 3.8) is 0 Å². The van der Waals surface area contributed by atoms with Crippen LogP contribution >= 0.6 is 0 Å². The van der Waals surface area contributed by atoms with Gasteiger partial charge in [-0.1, -0.05) is 44.2 Å². The maximum absolute atomic E-state index is 13.7. The Morgan fingerprint density at radius 2 is 1.89 bits per heavy atom. The van der Waals surface area contributed by atoms with Crippen LogP contribution in [0.2, 0.25) is 0 Å². The Bertz CT molecular complexity index is 1210. The Kier molecular flexibility index (Phi) is 6.77. The first-order valence-electron chi connectivity index (χ1n) is 11.1. The average molecular weight is 483 g/mol. The Morgan fingerprint density at radius 3 is 2.57 bits per heavy atom. The van der Waals surface area contributed by atoms with Gasteiger partial charge in [0.25, 0.3) is 5.91 Å².